The summed E-state index contributed by atoms with van der Waals surface area (Å²) in [5.74, 6) is 1.33. The highest BCUT2D eigenvalue weighted by atomic mass is 16.6. The molecule has 7 fully saturated rings. The average Bonchev–Trinajstić information content (AvgIpc) is 3.71. The Morgan fingerprint density at radius 1 is 0.667 bits per heavy atom. The van der Waals surface area contributed by atoms with E-state index >= 15 is 0 Å². The van der Waals surface area contributed by atoms with Crippen molar-refractivity contribution in [2.75, 3.05) is 26.4 Å². The molecule has 11 atom stereocenters. The minimum atomic E-state index is -0.236. The first kappa shape index (κ1) is 28.8. The van der Waals surface area contributed by atoms with Crippen molar-refractivity contribution >= 4 is 17.9 Å². The summed E-state index contributed by atoms with van der Waals surface area (Å²) >= 11 is 0. The van der Waals surface area contributed by atoms with Gasteiger partial charge in [0.2, 0.25) is 0 Å². The van der Waals surface area contributed by atoms with Crippen molar-refractivity contribution in [3.63, 3.8) is 0 Å². The number of carbonyl (C=O) groups excluding carboxylic acids is 3. The monoisotopic (exact) mass is 552 g/mol. The molecule has 0 amide bonds. The second kappa shape index (κ2) is 12.8. The van der Waals surface area contributed by atoms with Gasteiger partial charge in [0.1, 0.15) is 12.7 Å². The van der Waals surface area contributed by atoms with E-state index in [0.29, 0.717) is 74.2 Å². The number of ether oxygens (including phenoxy) is 7. The zero-order chi connectivity index (χ0) is 27.5. The maximum Gasteiger partial charge on any atom is 0.309 e. The quantitative estimate of drug-likeness (QED) is 0.264. The predicted octanol–water partition coefficient (Wildman–Crippen LogP) is 2.98. The third-order valence-corrected chi connectivity index (χ3v) is 8.92. The average molecular weight is 553 g/mol. The summed E-state index contributed by atoms with van der Waals surface area (Å²) in [4.78, 5) is 32.7. The summed E-state index contributed by atoms with van der Waals surface area (Å²) in [6.45, 7) is 7.40. The molecule has 3 aliphatic carbocycles. The standard InChI is InChI=1S/C14H20O4.C10H16O3.C5H8O3/c15-14(9-2-4-11-13(6-9)18-11)16-7-8-1-3-10-12(5-8)17-10;1-6-3-9-10(13-9)4-8(6)5-12-7(2)11;1-4(6)7-2-5-3-8-5/h8-13H,1-7H2;6,8-10H,3-5H2,1-2H3;5H,2-3H2,1H3. The van der Waals surface area contributed by atoms with Gasteiger partial charge in [-0.25, -0.2) is 0 Å². The van der Waals surface area contributed by atoms with Gasteiger partial charge >= 0.3 is 17.9 Å². The van der Waals surface area contributed by atoms with Crippen molar-refractivity contribution in [2.24, 2.45) is 23.7 Å². The van der Waals surface area contributed by atoms with Crippen molar-refractivity contribution in [3.8, 4) is 0 Å². The first-order valence-corrected chi connectivity index (χ1v) is 14.8. The molecule has 7 rings (SSSR count). The number of fused-ring (bicyclic) bond motifs is 3. The van der Waals surface area contributed by atoms with Crippen molar-refractivity contribution in [1.29, 1.82) is 0 Å². The molecule has 3 saturated carbocycles. The van der Waals surface area contributed by atoms with Crippen LogP contribution in [0.15, 0.2) is 0 Å². The molecule has 4 heterocycles. The molecule has 39 heavy (non-hydrogen) atoms. The Bertz CT molecular complexity index is 874. The van der Waals surface area contributed by atoms with Crippen LogP contribution in [0.5, 0.6) is 0 Å². The SMILES string of the molecule is CC(=O)OCC1CC2OC2CC1C.CC(=O)OCC1CO1.O=C(OCC1CCC2OC2C1)C1CCC2OC2C1. The molecule has 11 unspecified atom stereocenters. The molecule has 0 N–H and O–H groups in total. The maximum absolute atomic E-state index is 12.0. The highest BCUT2D eigenvalue weighted by Gasteiger charge is 2.48. The Kier molecular flexibility index (Phi) is 9.46. The van der Waals surface area contributed by atoms with Crippen LogP contribution in [0.1, 0.15) is 72.1 Å². The van der Waals surface area contributed by atoms with E-state index in [1.54, 1.807) is 0 Å². The van der Waals surface area contributed by atoms with Crippen LogP contribution in [0, 0.1) is 23.7 Å². The van der Waals surface area contributed by atoms with Crippen molar-refractivity contribution in [3.05, 3.63) is 0 Å². The van der Waals surface area contributed by atoms with E-state index in [4.69, 9.17) is 28.4 Å². The molecule has 0 aromatic rings. The molecule has 4 saturated heterocycles. The lowest BCUT2D eigenvalue weighted by atomic mass is 9.81. The van der Waals surface area contributed by atoms with E-state index in [9.17, 15) is 14.4 Å². The topological polar surface area (TPSA) is 129 Å². The van der Waals surface area contributed by atoms with E-state index in [2.05, 4.69) is 11.7 Å². The Morgan fingerprint density at radius 2 is 1.26 bits per heavy atom. The van der Waals surface area contributed by atoms with Crippen LogP contribution in [-0.4, -0.2) is 87.1 Å². The van der Waals surface area contributed by atoms with Gasteiger partial charge in [-0.2, -0.15) is 0 Å². The van der Waals surface area contributed by atoms with Crippen LogP contribution in [0.4, 0.5) is 0 Å². The molecule has 7 aliphatic rings. The van der Waals surface area contributed by atoms with Gasteiger partial charge < -0.3 is 33.2 Å². The van der Waals surface area contributed by atoms with E-state index in [1.165, 1.54) is 13.8 Å². The zero-order valence-corrected chi connectivity index (χ0v) is 23.4. The molecule has 10 nitrogen and oxygen atoms in total. The molecule has 0 spiro atoms. The van der Waals surface area contributed by atoms with Gasteiger partial charge in [-0.1, -0.05) is 6.92 Å². The van der Waals surface area contributed by atoms with Crippen LogP contribution in [0.3, 0.4) is 0 Å². The molecular formula is C29H44O10. The third kappa shape index (κ3) is 9.13. The second-order valence-corrected chi connectivity index (χ2v) is 12.2. The first-order chi connectivity index (χ1) is 18.7. The highest BCUT2D eigenvalue weighted by Crippen LogP contribution is 2.43. The Morgan fingerprint density at radius 3 is 1.90 bits per heavy atom. The van der Waals surface area contributed by atoms with E-state index in [0.717, 1.165) is 58.0 Å². The molecule has 10 heteroatoms. The fourth-order valence-electron chi connectivity index (χ4n) is 6.09. The number of rotatable bonds is 7. The van der Waals surface area contributed by atoms with Crippen molar-refractivity contribution < 1.29 is 47.5 Å². The molecule has 220 valence electrons. The summed E-state index contributed by atoms with van der Waals surface area (Å²) in [6, 6.07) is 0. The zero-order valence-electron chi connectivity index (χ0n) is 23.4. The number of hydrogen-bond donors (Lipinski definition) is 0. The number of epoxide rings is 4. The summed E-state index contributed by atoms with van der Waals surface area (Å²) < 4.78 is 36.3. The Hall–Kier alpha value is -1.75. The Balaban J connectivity index is 0.000000129. The molecule has 0 bridgehead atoms. The van der Waals surface area contributed by atoms with Gasteiger partial charge in [-0.15, -0.1) is 0 Å². The van der Waals surface area contributed by atoms with Crippen molar-refractivity contribution in [2.45, 2.75) is 115 Å². The largest absolute Gasteiger partial charge is 0.466 e. The smallest absolute Gasteiger partial charge is 0.309 e. The Labute approximate surface area is 230 Å². The maximum atomic E-state index is 12.0. The molecule has 0 radical (unpaired) electrons. The van der Waals surface area contributed by atoms with E-state index in [1.807, 2.05) is 0 Å². The highest BCUT2D eigenvalue weighted by molar-refractivity contribution is 5.72. The van der Waals surface area contributed by atoms with Crippen LogP contribution in [-0.2, 0) is 47.5 Å². The molecule has 4 aliphatic heterocycles. The number of hydrogen-bond acceptors (Lipinski definition) is 10. The minimum Gasteiger partial charge on any atom is -0.466 e. The van der Waals surface area contributed by atoms with Gasteiger partial charge in [-0.05, 0) is 69.1 Å². The first-order valence-electron chi connectivity index (χ1n) is 14.8. The third-order valence-electron chi connectivity index (χ3n) is 8.92. The van der Waals surface area contributed by atoms with E-state index < -0.39 is 0 Å². The van der Waals surface area contributed by atoms with E-state index in [-0.39, 0.29) is 29.9 Å². The van der Waals surface area contributed by atoms with Gasteiger partial charge in [0.15, 0.2) is 0 Å². The lowest BCUT2D eigenvalue weighted by Gasteiger charge is -2.25. The lowest BCUT2D eigenvalue weighted by molar-refractivity contribution is -0.151. The number of esters is 3. The van der Waals surface area contributed by atoms with Crippen molar-refractivity contribution in [1.82, 2.24) is 0 Å². The van der Waals surface area contributed by atoms with Crippen LogP contribution in [0.2, 0.25) is 0 Å². The van der Waals surface area contributed by atoms with Gasteiger partial charge in [0.05, 0.1) is 62.4 Å². The molecular weight excluding hydrogens is 508 g/mol. The fraction of sp³-hybridized carbons (Fsp3) is 0.897. The molecule has 0 aromatic carbocycles. The van der Waals surface area contributed by atoms with Crippen LogP contribution in [0.25, 0.3) is 0 Å². The fourth-order valence-corrected chi connectivity index (χ4v) is 6.09. The second-order valence-electron chi connectivity index (χ2n) is 12.2. The van der Waals surface area contributed by atoms with Gasteiger partial charge in [0.25, 0.3) is 0 Å². The molecule has 0 aromatic heterocycles. The van der Waals surface area contributed by atoms with Crippen LogP contribution >= 0.6 is 0 Å². The lowest BCUT2D eigenvalue weighted by Crippen LogP contribution is -2.27. The summed E-state index contributed by atoms with van der Waals surface area (Å²) in [5, 5.41) is 0. The van der Waals surface area contributed by atoms with Gasteiger partial charge in [-0.3, -0.25) is 14.4 Å². The summed E-state index contributed by atoms with van der Waals surface area (Å²) in [5.41, 5.74) is 0. The normalized spacial score (nSPS) is 41.8. The number of carbonyl (C=O) groups is 3. The van der Waals surface area contributed by atoms with Crippen LogP contribution < -0.4 is 0 Å². The minimum absolute atomic E-state index is 0.00258. The van der Waals surface area contributed by atoms with Gasteiger partial charge in [0, 0.05) is 13.8 Å². The summed E-state index contributed by atoms with van der Waals surface area (Å²) in [7, 11) is 0. The summed E-state index contributed by atoms with van der Waals surface area (Å²) in [6.07, 6.45) is 11.4. The predicted molar refractivity (Wildman–Crippen MR) is 137 cm³/mol.